The lowest BCUT2D eigenvalue weighted by atomic mass is 10.2. The third kappa shape index (κ3) is 3.58. The maximum atomic E-state index is 12.0. The molecule has 108 valence electrons. The monoisotopic (exact) mass is 337 g/mol. The topological polar surface area (TPSA) is 113 Å². The van der Waals surface area contributed by atoms with Crippen LogP contribution in [0.1, 0.15) is 6.92 Å². The molecule has 0 aromatic heterocycles. The highest BCUT2D eigenvalue weighted by Crippen LogP contribution is 2.36. The molecule has 7 nitrogen and oxygen atoms in total. The highest BCUT2D eigenvalue weighted by molar-refractivity contribution is 7.89. The van der Waals surface area contributed by atoms with Crippen LogP contribution in [0.25, 0.3) is 0 Å². The molecule has 0 bridgehead atoms. The molecule has 1 rings (SSSR count). The van der Waals surface area contributed by atoms with Gasteiger partial charge in [0.05, 0.1) is 16.9 Å². The maximum absolute atomic E-state index is 12.0. The number of sulfonamides is 1. The highest BCUT2D eigenvalue weighted by atomic mass is 35.5. The Hall–Kier alpha value is -1.40. The van der Waals surface area contributed by atoms with E-state index < -0.39 is 36.5 Å². The van der Waals surface area contributed by atoms with Gasteiger partial charge in [0.15, 0.2) is 0 Å². The average Bonchev–Trinajstić information content (AvgIpc) is 2.35. The molecule has 1 aromatic rings. The zero-order valence-electron chi connectivity index (χ0n) is 10.1. The fourth-order valence-electron chi connectivity index (χ4n) is 1.26. The normalized spacial score (nSPS) is 12.7. The van der Waals surface area contributed by atoms with Gasteiger partial charge in [-0.15, -0.1) is 0 Å². The van der Waals surface area contributed by atoms with Crippen LogP contribution in [0.15, 0.2) is 17.0 Å². The smallest absolute Gasteiger partial charge is 0.258 e. The van der Waals surface area contributed by atoms with Crippen LogP contribution in [0.5, 0.6) is 0 Å². The van der Waals surface area contributed by atoms with Crippen LogP contribution in [0.2, 0.25) is 10.0 Å². The van der Waals surface area contributed by atoms with Gasteiger partial charge in [-0.1, -0.05) is 23.2 Å². The van der Waals surface area contributed by atoms with Gasteiger partial charge in [-0.2, -0.15) is 5.26 Å². The zero-order chi connectivity index (χ0) is 15.5. The molecular formula is C10H9Cl2N3O4S. The SMILES string of the molecule is CC(C#N)CNS(=O)(=O)c1ccc(Cl)c([N+](=O)[O-])c1Cl. The van der Waals surface area contributed by atoms with Crippen LogP contribution in [0.3, 0.4) is 0 Å². The Morgan fingerprint density at radius 1 is 1.50 bits per heavy atom. The van der Waals surface area contributed by atoms with E-state index in [4.69, 9.17) is 28.5 Å². The molecule has 0 radical (unpaired) electrons. The number of nitrogens with one attached hydrogen (secondary N) is 1. The zero-order valence-corrected chi connectivity index (χ0v) is 12.5. The van der Waals surface area contributed by atoms with Gasteiger partial charge in [-0.05, 0) is 19.1 Å². The van der Waals surface area contributed by atoms with E-state index >= 15 is 0 Å². The van der Waals surface area contributed by atoms with Gasteiger partial charge in [0, 0.05) is 6.54 Å². The van der Waals surface area contributed by atoms with Crippen molar-refractivity contribution in [1.82, 2.24) is 4.72 Å². The quantitative estimate of drug-likeness (QED) is 0.654. The van der Waals surface area contributed by atoms with Gasteiger partial charge in [0.25, 0.3) is 0 Å². The van der Waals surface area contributed by atoms with Gasteiger partial charge >= 0.3 is 5.69 Å². The number of hydrogen-bond acceptors (Lipinski definition) is 5. The first-order valence-electron chi connectivity index (χ1n) is 5.22. The van der Waals surface area contributed by atoms with Crippen LogP contribution in [-0.2, 0) is 10.0 Å². The Bertz CT molecular complexity index is 684. The molecule has 0 aliphatic heterocycles. The molecule has 0 spiro atoms. The third-order valence-corrected chi connectivity index (χ3v) is 4.57. The van der Waals surface area contributed by atoms with E-state index in [2.05, 4.69) is 4.72 Å². The number of hydrogen-bond donors (Lipinski definition) is 1. The Labute approximate surface area is 125 Å². The molecule has 0 aliphatic rings. The van der Waals surface area contributed by atoms with E-state index in [1.165, 1.54) is 6.92 Å². The number of benzene rings is 1. The second-order valence-corrected chi connectivity index (χ2v) is 6.37. The summed E-state index contributed by atoms with van der Waals surface area (Å²) in [7, 11) is -4.07. The minimum Gasteiger partial charge on any atom is -0.258 e. The standard InChI is InChI=1S/C10H9Cl2N3O4S/c1-6(4-13)5-14-20(18,19)8-3-2-7(11)10(9(8)12)15(16)17/h2-3,6,14H,5H2,1H3. The van der Waals surface area contributed by atoms with Gasteiger partial charge in [-0.3, -0.25) is 10.1 Å². The van der Waals surface area contributed by atoms with E-state index in [-0.39, 0.29) is 11.6 Å². The summed E-state index contributed by atoms with van der Waals surface area (Å²) in [4.78, 5) is 9.50. The average molecular weight is 338 g/mol. The molecule has 1 atom stereocenters. The van der Waals surface area contributed by atoms with Crippen LogP contribution in [0.4, 0.5) is 5.69 Å². The summed E-state index contributed by atoms with van der Waals surface area (Å²) in [6.45, 7) is 1.39. The van der Waals surface area contributed by atoms with Crippen LogP contribution in [-0.4, -0.2) is 19.9 Å². The van der Waals surface area contributed by atoms with E-state index in [0.29, 0.717) is 0 Å². The summed E-state index contributed by atoms with van der Waals surface area (Å²) >= 11 is 11.3. The molecule has 0 aliphatic carbocycles. The number of rotatable bonds is 5. The molecule has 0 heterocycles. The van der Waals surface area contributed by atoms with Crippen molar-refractivity contribution in [3.05, 3.63) is 32.3 Å². The molecule has 1 aromatic carbocycles. The van der Waals surface area contributed by atoms with Crippen molar-refractivity contribution in [2.24, 2.45) is 5.92 Å². The molecule has 0 amide bonds. The van der Waals surface area contributed by atoms with E-state index in [1.807, 2.05) is 6.07 Å². The third-order valence-electron chi connectivity index (χ3n) is 2.30. The van der Waals surface area contributed by atoms with Crippen molar-refractivity contribution in [2.75, 3.05) is 6.54 Å². The van der Waals surface area contributed by atoms with Crippen molar-refractivity contribution in [1.29, 1.82) is 5.26 Å². The first-order chi connectivity index (χ1) is 9.20. The fourth-order valence-corrected chi connectivity index (χ4v) is 3.27. The largest absolute Gasteiger partial charge is 0.307 e. The molecule has 1 N–H and O–H groups in total. The molecular weight excluding hydrogens is 329 g/mol. The Balaban J connectivity index is 3.24. The van der Waals surface area contributed by atoms with Crippen molar-refractivity contribution < 1.29 is 13.3 Å². The summed E-state index contributed by atoms with van der Waals surface area (Å²) in [5.74, 6) is -0.550. The number of nitro groups is 1. The minimum atomic E-state index is -4.07. The second kappa shape index (κ2) is 6.37. The van der Waals surface area contributed by atoms with Crippen LogP contribution < -0.4 is 4.72 Å². The number of nitro benzene ring substituents is 1. The van der Waals surface area contributed by atoms with Crippen molar-refractivity contribution >= 4 is 38.9 Å². The first-order valence-corrected chi connectivity index (χ1v) is 7.46. The lowest BCUT2D eigenvalue weighted by Gasteiger charge is -2.09. The summed E-state index contributed by atoms with van der Waals surface area (Å²) in [5, 5.41) is 18.6. The van der Waals surface area contributed by atoms with Crippen LogP contribution >= 0.6 is 23.2 Å². The molecule has 20 heavy (non-hydrogen) atoms. The fraction of sp³-hybridized carbons (Fsp3) is 0.300. The highest BCUT2D eigenvalue weighted by Gasteiger charge is 2.27. The molecule has 1 unspecified atom stereocenters. The van der Waals surface area contributed by atoms with Crippen molar-refractivity contribution in [2.45, 2.75) is 11.8 Å². The first kappa shape index (κ1) is 16.7. The summed E-state index contributed by atoms with van der Waals surface area (Å²) in [6.07, 6.45) is 0. The summed E-state index contributed by atoms with van der Waals surface area (Å²) < 4.78 is 26.1. The number of nitriles is 1. The van der Waals surface area contributed by atoms with Gasteiger partial charge in [0.1, 0.15) is 14.9 Å². The van der Waals surface area contributed by atoms with E-state index in [0.717, 1.165) is 12.1 Å². The summed E-state index contributed by atoms with van der Waals surface area (Å²) in [6, 6.07) is 4.00. The molecule has 10 heteroatoms. The van der Waals surface area contributed by atoms with Gasteiger partial charge in [-0.25, -0.2) is 13.1 Å². The summed E-state index contributed by atoms with van der Waals surface area (Å²) in [5.41, 5.74) is -0.676. The molecule has 0 saturated carbocycles. The van der Waals surface area contributed by atoms with Crippen LogP contribution in [0, 0.1) is 27.4 Å². The van der Waals surface area contributed by atoms with Gasteiger partial charge in [0.2, 0.25) is 10.0 Å². The lowest BCUT2D eigenvalue weighted by molar-refractivity contribution is -0.384. The second-order valence-electron chi connectivity index (χ2n) is 3.85. The lowest BCUT2D eigenvalue weighted by Crippen LogP contribution is -2.28. The molecule has 0 saturated heterocycles. The number of halogens is 2. The van der Waals surface area contributed by atoms with E-state index in [1.54, 1.807) is 0 Å². The van der Waals surface area contributed by atoms with Crippen molar-refractivity contribution in [3.8, 4) is 6.07 Å². The maximum Gasteiger partial charge on any atom is 0.307 e. The Kier molecular flexibility index (Phi) is 5.30. The Morgan fingerprint density at radius 3 is 2.60 bits per heavy atom. The van der Waals surface area contributed by atoms with Gasteiger partial charge < -0.3 is 0 Å². The van der Waals surface area contributed by atoms with Crippen molar-refractivity contribution in [3.63, 3.8) is 0 Å². The van der Waals surface area contributed by atoms with E-state index in [9.17, 15) is 18.5 Å². The predicted octanol–water partition coefficient (Wildman–Crippen LogP) is 2.34. The minimum absolute atomic E-state index is 0.133. The number of nitrogens with zero attached hydrogens (tertiary/aromatic N) is 2. The predicted molar refractivity (Wildman–Crippen MR) is 73.1 cm³/mol. The Morgan fingerprint density at radius 2 is 2.10 bits per heavy atom. The molecule has 0 fully saturated rings.